The molecule has 2 fully saturated rings. The highest BCUT2D eigenvalue weighted by atomic mass is 16.6. The van der Waals surface area contributed by atoms with Crippen LogP contribution in [0.25, 0.3) is 11.1 Å². The van der Waals surface area contributed by atoms with E-state index >= 15 is 0 Å². The van der Waals surface area contributed by atoms with Crippen LogP contribution in [0.2, 0.25) is 0 Å². The smallest absolute Gasteiger partial charge is 0.411 e. The van der Waals surface area contributed by atoms with Crippen LogP contribution < -0.4 is 11.1 Å². The van der Waals surface area contributed by atoms with Crippen LogP contribution in [-0.2, 0) is 16.1 Å². The molecule has 5 rings (SSSR count). The number of hydrogen-bond donors (Lipinski definition) is 3. The molecule has 45 heavy (non-hydrogen) atoms. The number of rotatable bonds is 10. The predicted octanol–water partition coefficient (Wildman–Crippen LogP) is 4.54. The predicted molar refractivity (Wildman–Crippen MR) is 174 cm³/mol. The molecule has 0 bridgehead atoms. The minimum Gasteiger partial charge on any atom is -0.508 e. The highest BCUT2D eigenvalue weighted by Crippen LogP contribution is 2.31. The molecule has 0 radical (unpaired) electrons. The number of phenols is 1. The zero-order valence-electron chi connectivity index (χ0n) is 25.9. The van der Waals surface area contributed by atoms with Gasteiger partial charge in [-0.25, -0.2) is 4.79 Å². The molecule has 2 saturated heterocycles. The average molecular weight is 614 g/mol. The second-order valence-electron chi connectivity index (χ2n) is 12.0. The molecule has 0 saturated carbocycles. The number of likely N-dealkylation sites (N-methyl/N-ethyl adjacent to an activating group) is 1. The van der Waals surface area contributed by atoms with Gasteiger partial charge >= 0.3 is 6.09 Å². The summed E-state index contributed by atoms with van der Waals surface area (Å²) in [6, 6.07) is 22.2. The summed E-state index contributed by atoms with van der Waals surface area (Å²) >= 11 is 0. The van der Waals surface area contributed by atoms with E-state index in [0.717, 1.165) is 68.8 Å². The molecule has 10 heteroatoms. The Morgan fingerprint density at radius 2 is 1.58 bits per heavy atom. The van der Waals surface area contributed by atoms with Crippen LogP contribution >= 0.6 is 0 Å². The minimum atomic E-state index is -0.514. The van der Waals surface area contributed by atoms with Crippen LogP contribution in [0.3, 0.4) is 0 Å². The maximum atomic E-state index is 13.1. The van der Waals surface area contributed by atoms with Crippen LogP contribution in [-0.4, -0.2) is 90.1 Å². The molecule has 238 valence electrons. The molecule has 0 aromatic heterocycles. The number of ether oxygens (including phenoxy) is 1. The van der Waals surface area contributed by atoms with E-state index in [-0.39, 0.29) is 29.6 Å². The summed E-state index contributed by atoms with van der Waals surface area (Å²) in [6.07, 6.45) is 2.33. The second-order valence-corrected chi connectivity index (χ2v) is 12.0. The minimum absolute atomic E-state index is 0.0113. The fraction of sp³-hybridized carbons (Fsp3) is 0.400. The van der Waals surface area contributed by atoms with Crippen molar-refractivity contribution in [3.63, 3.8) is 0 Å². The molecule has 2 heterocycles. The molecule has 0 atom stereocenters. The van der Waals surface area contributed by atoms with Gasteiger partial charge in [-0.15, -0.1) is 0 Å². The largest absolute Gasteiger partial charge is 0.508 e. The van der Waals surface area contributed by atoms with Crippen molar-refractivity contribution >= 4 is 23.6 Å². The zero-order valence-corrected chi connectivity index (χ0v) is 25.9. The third-order valence-electron chi connectivity index (χ3n) is 8.83. The molecule has 3 aromatic rings. The van der Waals surface area contributed by atoms with Crippen molar-refractivity contribution in [1.29, 1.82) is 0 Å². The van der Waals surface area contributed by atoms with Crippen molar-refractivity contribution in [2.24, 2.45) is 11.7 Å². The van der Waals surface area contributed by atoms with Crippen LogP contribution in [0.1, 0.15) is 41.6 Å². The molecule has 0 aliphatic carbocycles. The van der Waals surface area contributed by atoms with E-state index in [2.05, 4.69) is 15.1 Å². The first-order valence-corrected chi connectivity index (χ1v) is 15.7. The van der Waals surface area contributed by atoms with Gasteiger partial charge in [0.25, 0.3) is 5.91 Å². The number of hydrogen-bond acceptors (Lipinski definition) is 7. The second kappa shape index (κ2) is 15.0. The summed E-state index contributed by atoms with van der Waals surface area (Å²) in [6.45, 7) is 5.40. The number of nitrogens with one attached hydrogen (secondary N) is 1. The van der Waals surface area contributed by atoms with Crippen LogP contribution in [0.4, 0.5) is 10.5 Å². The number of anilines is 1. The number of carbonyl (C=O) groups excluding carboxylic acids is 3. The Morgan fingerprint density at radius 3 is 2.24 bits per heavy atom. The summed E-state index contributed by atoms with van der Waals surface area (Å²) in [5.41, 5.74) is 9.42. The van der Waals surface area contributed by atoms with E-state index < -0.39 is 6.09 Å². The number of carbonyl (C=O) groups is 3. The first kappa shape index (κ1) is 32.0. The Hall–Kier alpha value is -4.41. The quantitative estimate of drug-likeness (QED) is 0.287. The Morgan fingerprint density at radius 1 is 0.911 bits per heavy atom. The maximum absolute atomic E-state index is 13.1. The number of aromatic hydroxyl groups is 1. The number of amides is 3. The lowest BCUT2D eigenvalue weighted by Gasteiger charge is -2.32. The van der Waals surface area contributed by atoms with Crippen molar-refractivity contribution in [2.45, 2.75) is 38.3 Å². The molecule has 2 aliphatic rings. The van der Waals surface area contributed by atoms with Crippen LogP contribution in [0.5, 0.6) is 5.75 Å². The lowest BCUT2D eigenvalue weighted by Crippen LogP contribution is -2.42. The van der Waals surface area contributed by atoms with Crippen molar-refractivity contribution < 1.29 is 24.2 Å². The summed E-state index contributed by atoms with van der Waals surface area (Å²) in [4.78, 5) is 43.6. The third kappa shape index (κ3) is 8.83. The Labute approximate surface area is 264 Å². The van der Waals surface area contributed by atoms with Gasteiger partial charge in [0.2, 0.25) is 5.91 Å². The molecule has 0 spiro atoms. The molecule has 2 aliphatic heterocycles. The summed E-state index contributed by atoms with van der Waals surface area (Å²) in [7, 11) is 1.83. The number of primary amides is 1. The van der Waals surface area contributed by atoms with Gasteiger partial charge in [0.05, 0.1) is 5.69 Å². The van der Waals surface area contributed by atoms with Crippen molar-refractivity contribution in [2.75, 3.05) is 51.6 Å². The van der Waals surface area contributed by atoms with Crippen molar-refractivity contribution in [1.82, 2.24) is 14.7 Å². The SMILES string of the molecule is CN(CCN1CCC(OC(=O)Nc2ccc(O)cc2-c2ccccc2)CC1)C(=O)c1ccc(CN2CCC(C(N)=O)CC2)cc1. The average Bonchev–Trinajstić information content (AvgIpc) is 3.05. The number of likely N-dealkylation sites (tertiary alicyclic amines) is 2. The first-order valence-electron chi connectivity index (χ1n) is 15.7. The number of phenolic OH excluding ortho intramolecular Hbond substituents is 1. The van der Waals surface area contributed by atoms with Gasteiger partial charge in [0, 0.05) is 56.8 Å². The van der Waals surface area contributed by atoms with Crippen molar-refractivity contribution in [3.05, 3.63) is 83.9 Å². The fourth-order valence-corrected chi connectivity index (χ4v) is 6.04. The van der Waals surface area contributed by atoms with E-state index in [1.54, 1.807) is 17.0 Å². The van der Waals surface area contributed by atoms with Gasteiger partial charge in [-0.2, -0.15) is 0 Å². The van der Waals surface area contributed by atoms with E-state index in [1.807, 2.05) is 61.6 Å². The van der Waals surface area contributed by atoms with Crippen molar-refractivity contribution in [3.8, 4) is 16.9 Å². The number of benzene rings is 3. The van der Waals surface area contributed by atoms with E-state index in [4.69, 9.17) is 10.5 Å². The van der Waals surface area contributed by atoms with Gasteiger partial charge < -0.3 is 25.4 Å². The van der Waals surface area contributed by atoms with Crippen LogP contribution in [0, 0.1) is 5.92 Å². The molecule has 10 nitrogen and oxygen atoms in total. The zero-order chi connectivity index (χ0) is 31.8. The van der Waals surface area contributed by atoms with E-state index in [9.17, 15) is 19.5 Å². The van der Waals surface area contributed by atoms with Gasteiger partial charge in [-0.3, -0.25) is 19.8 Å². The van der Waals surface area contributed by atoms with Gasteiger partial charge in [-0.05, 0) is 80.2 Å². The molecule has 3 amide bonds. The van der Waals surface area contributed by atoms with Gasteiger partial charge in [0.1, 0.15) is 11.9 Å². The number of nitrogens with zero attached hydrogens (tertiary/aromatic N) is 3. The van der Waals surface area contributed by atoms with E-state index in [0.29, 0.717) is 30.6 Å². The van der Waals surface area contributed by atoms with Gasteiger partial charge in [-0.1, -0.05) is 42.5 Å². The van der Waals surface area contributed by atoms with Gasteiger partial charge in [0.15, 0.2) is 0 Å². The number of nitrogens with two attached hydrogens (primary N) is 1. The lowest BCUT2D eigenvalue weighted by molar-refractivity contribution is -0.123. The summed E-state index contributed by atoms with van der Waals surface area (Å²) in [5.74, 6) is -0.112. The Kier molecular flexibility index (Phi) is 10.7. The van der Waals surface area contributed by atoms with Crippen LogP contribution in [0.15, 0.2) is 72.8 Å². The molecule has 0 unspecified atom stereocenters. The number of piperidine rings is 2. The highest BCUT2D eigenvalue weighted by Gasteiger charge is 2.25. The normalized spacial score (nSPS) is 16.6. The topological polar surface area (TPSA) is 128 Å². The standard InChI is InChI=1S/C35H43N5O5/c1-38(34(43)28-9-7-25(8-10-28)24-40-17-13-27(14-18-40)33(36)42)21-22-39-19-15-30(16-20-39)45-35(44)37-32-12-11-29(41)23-31(32)26-5-3-2-4-6-26/h2-12,23,27,30,41H,13-22,24H2,1H3,(H2,36,42)(H,37,44). The highest BCUT2D eigenvalue weighted by molar-refractivity contribution is 5.94. The Bertz CT molecular complexity index is 1450. The molecule has 4 N–H and O–H groups in total. The molecular formula is C35H43N5O5. The summed E-state index contributed by atoms with van der Waals surface area (Å²) in [5, 5.41) is 12.8. The maximum Gasteiger partial charge on any atom is 0.411 e. The lowest BCUT2D eigenvalue weighted by atomic mass is 9.96. The first-order chi connectivity index (χ1) is 21.7. The molecule has 3 aromatic carbocycles. The van der Waals surface area contributed by atoms with E-state index in [1.165, 1.54) is 6.07 Å². The monoisotopic (exact) mass is 613 g/mol. The third-order valence-corrected chi connectivity index (χ3v) is 8.83. The Balaban J connectivity index is 1.02. The fourth-order valence-electron chi connectivity index (χ4n) is 6.04. The molecular weight excluding hydrogens is 570 g/mol. The summed E-state index contributed by atoms with van der Waals surface area (Å²) < 4.78 is 5.73.